The number of dihydropyridines is 1. The molecule has 28 heavy (non-hydrogen) atoms. The lowest BCUT2D eigenvalue weighted by molar-refractivity contribution is -0.139. The summed E-state index contributed by atoms with van der Waals surface area (Å²) < 4.78 is 10.5. The number of allylic oxidation sites excluding steroid dienone is 3. The van der Waals surface area contributed by atoms with Gasteiger partial charge in [0.25, 0.3) is 0 Å². The number of rotatable bonds is 8. The molecule has 1 aromatic rings. The molecule has 0 saturated heterocycles. The minimum Gasteiger partial charge on any atom is -0.458 e. The van der Waals surface area contributed by atoms with Crippen LogP contribution in [0.4, 0.5) is 0 Å². The third-order valence-corrected chi connectivity index (χ3v) is 4.19. The number of hydrogen-bond donors (Lipinski definition) is 1. The Morgan fingerprint density at radius 2 is 1.46 bits per heavy atom. The highest BCUT2D eigenvalue weighted by atomic mass is 16.5. The van der Waals surface area contributed by atoms with Crippen LogP contribution in [0, 0.1) is 5.92 Å². The minimum absolute atomic E-state index is 0.0870. The van der Waals surface area contributed by atoms with Crippen molar-refractivity contribution in [2.75, 3.05) is 13.2 Å². The van der Waals surface area contributed by atoms with Gasteiger partial charge in [-0.2, -0.15) is 0 Å². The lowest BCUT2D eigenvalue weighted by Crippen LogP contribution is -2.32. The fraction of sp³-hybridized carbons (Fsp3) is 0.217. The highest BCUT2D eigenvalue weighted by molar-refractivity contribution is 5.98. The molecule has 0 bridgehead atoms. The van der Waals surface area contributed by atoms with Gasteiger partial charge in [0.05, 0.1) is 11.1 Å². The summed E-state index contributed by atoms with van der Waals surface area (Å²) in [7, 11) is 0. The van der Waals surface area contributed by atoms with E-state index in [2.05, 4.69) is 18.5 Å². The van der Waals surface area contributed by atoms with Gasteiger partial charge >= 0.3 is 11.9 Å². The molecule has 0 unspecified atom stereocenters. The van der Waals surface area contributed by atoms with E-state index < -0.39 is 17.9 Å². The smallest absolute Gasteiger partial charge is 0.337 e. The van der Waals surface area contributed by atoms with Gasteiger partial charge in [0, 0.05) is 17.3 Å². The summed E-state index contributed by atoms with van der Waals surface area (Å²) in [6.07, 6.45) is 6.69. The van der Waals surface area contributed by atoms with Crippen molar-refractivity contribution in [2.24, 2.45) is 5.92 Å². The molecule has 0 aromatic heterocycles. The summed E-state index contributed by atoms with van der Waals surface area (Å²) in [5, 5.41) is 3.09. The largest absolute Gasteiger partial charge is 0.458 e. The minimum atomic E-state index is -0.601. The molecule has 1 N–H and O–H groups in total. The number of ether oxygens (including phenoxy) is 2. The van der Waals surface area contributed by atoms with Crippen LogP contribution in [0.5, 0.6) is 0 Å². The van der Waals surface area contributed by atoms with Gasteiger partial charge in [0.15, 0.2) is 0 Å². The predicted molar refractivity (Wildman–Crippen MR) is 110 cm³/mol. The standard InChI is InChI=1S/C23H25NO4/c1-5-14-27-22(25)20-16(3)24-17(4)21(23(26)28-15-6-2)19(20)13-12-18-10-8-7-9-11-18/h5-13,19,24H,1-2,14-15H2,3-4H3/b13-12-. The Balaban J connectivity index is 2.46. The first-order valence-electron chi connectivity index (χ1n) is 8.97. The Hall–Kier alpha value is -3.34. The van der Waals surface area contributed by atoms with Gasteiger partial charge in [-0.3, -0.25) is 0 Å². The molecule has 1 aliphatic rings. The predicted octanol–water partition coefficient (Wildman–Crippen LogP) is 3.93. The van der Waals surface area contributed by atoms with E-state index in [1.165, 1.54) is 12.2 Å². The maximum Gasteiger partial charge on any atom is 0.337 e. The molecule has 0 fully saturated rings. The van der Waals surface area contributed by atoms with E-state index in [9.17, 15) is 9.59 Å². The van der Waals surface area contributed by atoms with Crippen LogP contribution in [0.1, 0.15) is 19.4 Å². The molecule has 5 nitrogen and oxygen atoms in total. The number of esters is 2. The average Bonchev–Trinajstić information content (AvgIpc) is 2.69. The Morgan fingerprint density at radius 3 is 1.93 bits per heavy atom. The van der Waals surface area contributed by atoms with Crippen LogP contribution >= 0.6 is 0 Å². The van der Waals surface area contributed by atoms with Gasteiger partial charge in [0.2, 0.25) is 0 Å². The summed E-state index contributed by atoms with van der Waals surface area (Å²) >= 11 is 0. The molecule has 1 aromatic carbocycles. The van der Waals surface area contributed by atoms with Gasteiger partial charge in [0.1, 0.15) is 13.2 Å². The Morgan fingerprint density at radius 1 is 0.964 bits per heavy atom. The van der Waals surface area contributed by atoms with E-state index in [1.54, 1.807) is 13.8 Å². The molecule has 5 heteroatoms. The van der Waals surface area contributed by atoms with Crippen molar-refractivity contribution in [2.45, 2.75) is 13.8 Å². The number of benzene rings is 1. The second-order valence-corrected chi connectivity index (χ2v) is 6.22. The summed E-state index contributed by atoms with van der Waals surface area (Å²) in [5.74, 6) is -1.61. The van der Waals surface area contributed by atoms with Crippen LogP contribution in [-0.2, 0) is 19.1 Å². The van der Waals surface area contributed by atoms with Crippen molar-refractivity contribution in [1.82, 2.24) is 5.32 Å². The average molecular weight is 379 g/mol. The second-order valence-electron chi connectivity index (χ2n) is 6.22. The molecule has 146 valence electrons. The molecule has 0 amide bonds. The Labute approximate surface area is 165 Å². The van der Waals surface area contributed by atoms with Gasteiger partial charge < -0.3 is 14.8 Å². The van der Waals surface area contributed by atoms with Gasteiger partial charge in [-0.25, -0.2) is 9.59 Å². The zero-order valence-corrected chi connectivity index (χ0v) is 16.2. The van der Waals surface area contributed by atoms with Gasteiger partial charge in [-0.15, -0.1) is 0 Å². The van der Waals surface area contributed by atoms with Crippen LogP contribution in [0.25, 0.3) is 6.08 Å². The molecule has 0 spiro atoms. The van der Waals surface area contributed by atoms with Gasteiger partial charge in [-0.05, 0) is 19.4 Å². The number of nitrogens with one attached hydrogen (secondary N) is 1. The third kappa shape index (κ3) is 5.10. The van der Waals surface area contributed by atoms with Crippen molar-refractivity contribution in [3.8, 4) is 0 Å². The van der Waals surface area contributed by atoms with Crippen LogP contribution in [0.3, 0.4) is 0 Å². The van der Waals surface area contributed by atoms with Gasteiger partial charge in [-0.1, -0.05) is 67.8 Å². The summed E-state index contributed by atoms with van der Waals surface area (Å²) in [6, 6.07) is 9.64. The maximum absolute atomic E-state index is 12.7. The van der Waals surface area contributed by atoms with Crippen molar-refractivity contribution in [3.63, 3.8) is 0 Å². The molecule has 0 aliphatic carbocycles. The summed E-state index contributed by atoms with van der Waals surface area (Å²) in [5.41, 5.74) is 2.95. The maximum atomic E-state index is 12.7. The molecular weight excluding hydrogens is 354 g/mol. The van der Waals surface area contributed by atoms with E-state index in [0.29, 0.717) is 22.5 Å². The van der Waals surface area contributed by atoms with Crippen molar-refractivity contribution < 1.29 is 19.1 Å². The number of carbonyl (C=O) groups is 2. The first-order chi connectivity index (χ1) is 13.5. The molecule has 0 saturated carbocycles. The topological polar surface area (TPSA) is 64.6 Å². The summed E-state index contributed by atoms with van der Waals surface area (Å²) in [6.45, 7) is 10.9. The summed E-state index contributed by atoms with van der Waals surface area (Å²) in [4.78, 5) is 25.4. The van der Waals surface area contributed by atoms with E-state index in [1.807, 2.05) is 42.5 Å². The second kappa shape index (κ2) is 10.1. The lowest BCUT2D eigenvalue weighted by atomic mass is 9.84. The quantitative estimate of drug-likeness (QED) is 0.548. The van der Waals surface area contributed by atoms with E-state index in [-0.39, 0.29) is 13.2 Å². The number of carbonyl (C=O) groups excluding carboxylic acids is 2. The molecule has 1 heterocycles. The van der Waals surface area contributed by atoms with Crippen molar-refractivity contribution in [1.29, 1.82) is 0 Å². The molecule has 0 radical (unpaired) electrons. The fourth-order valence-corrected chi connectivity index (χ4v) is 2.98. The zero-order valence-electron chi connectivity index (χ0n) is 16.2. The van der Waals surface area contributed by atoms with Crippen LogP contribution < -0.4 is 5.32 Å². The molecule has 1 aliphatic heterocycles. The van der Waals surface area contributed by atoms with Crippen molar-refractivity contribution >= 4 is 18.0 Å². The monoisotopic (exact) mass is 379 g/mol. The van der Waals surface area contributed by atoms with Crippen LogP contribution in [0.15, 0.2) is 84.3 Å². The highest BCUT2D eigenvalue weighted by Gasteiger charge is 2.35. The van der Waals surface area contributed by atoms with E-state index >= 15 is 0 Å². The molecular formula is C23H25NO4. The van der Waals surface area contributed by atoms with Crippen LogP contribution in [-0.4, -0.2) is 25.2 Å². The fourth-order valence-electron chi connectivity index (χ4n) is 2.98. The molecule has 0 atom stereocenters. The SMILES string of the molecule is C=CCOC(=O)C1=C(C)NC(C)=C(C(=O)OCC=C)C1/C=C\c1ccccc1. The first kappa shape index (κ1) is 21.0. The first-order valence-corrected chi connectivity index (χ1v) is 8.97. The highest BCUT2D eigenvalue weighted by Crippen LogP contribution is 2.33. The van der Waals surface area contributed by atoms with E-state index in [0.717, 1.165) is 5.56 Å². The third-order valence-electron chi connectivity index (χ3n) is 4.19. The van der Waals surface area contributed by atoms with Crippen LogP contribution in [0.2, 0.25) is 0 Å². The normalized spacial score (nSPS) is 14.6. The zero-order chi connectivity index (χ0) is 20.5. The number of hydrogen-bond acceptors (Lipinski definition) is 5. The van der Waals surface area contributed by atoms with E-state index in [4.69, 9.17) is 9.47 Å². The van der Waals surface area contributed by atoms with Crippen molar-refractivity contribution in [3.05, 3.63) is 89.8 Å². The molecule has 2 rings (SSSR count). The Bertz CT molecular complexity index is 801. The lowest BCUT2D eigenvalue weighted by Gasteiger charge is -2.28. The Kier molecular flexibility index (Phi) is 7.57.